The van der Waals surface area contributed by atoms with Gasteiger partial charge >= 0.3 is 0 Å². The van der Waals surface area contributed by atoms with Crippen LogP contribution >= 0.6 is 12.4 Å². The molecule has 0 radical (unpaired) electrons. The number of rotatable bonds is 3. The van der Waals surface area contributed by atoms with E-state index in [4.69, 9.17) is 0 Å². The van der Waals surface area contributed by atoms with Crippen LogP contribution in [0.5, 0.6) is 0 Å². The summed E-state index contributed by atoms with van der Waals surface area (Å²) in [7, 11) is -3.11. The number of hydrogen-bond acceptors (Lipinski definition) is 4. The van der Waals surface area contributed by atoms with Crippen molar-refractivity contribution >= 4 is 22.2 Å². The van der Waals surface area contributed by atoms with Gasteiger partial charge in [0, 0.05) is 37.5 Å². The van der Waals surface area contributed by atoms with Crippen molar-refractivity contribution in [3.05, 3.63) is 29.8 Å². The fourth-order valence-electron chi connectivity index (χ4n) is 2.89. The monoisotopic (exact) mass is 332 g/mol. The SMILES string of the molecule is CC1CN(C(C)c2ccc(S(C)(=O)=O)cc2)CC(C)N1.Cl. The first-order chi connectivity index (χ1) is 9.27. The lowest BCUT2D eigenvalue weighted by Crippen LogP contribution is -2.54. The molecule has 21 heavy (non-hydrogen) atoms. The summed E-state index contributed by atoms with van der Waals surface area (Å²) in [5, 5.41) is 3.52. The van der Waals surface area contributed by atoms with Crippen LogP contribution in [0.4, 0.5) is 0 Å². The molecule has 1 N–H and O–H groups in total. The lowest BCUT2D eigenvalue weighted by Gasteiger charge is -2.39. The van der Waals surface area contributed by atoms with Crippen molar-refractivity contribution < 1.29 is 8.42 Å². The minimum absolute atomic E-state index is 0. The van der Waals surface area contributed by atoms with E-state index >= 15 is 0 Å². The Bertz CT molecular complexity index is 550. The molecule has 6 heteroatoms. The molecule has 1 fully saturated rings. The van der Waals surface area contributed by atoms with Crippen molar-refractivity contribution in [3.8, 4) is 0 Å². The molecule has 0 aromatic heterocycles. The van der Waals surface area contributed by atoms with Gasteiger partial charge in [-0.1, -0.05) is 12.1 Å². The van der Waals surface area contributed by atoms with Crippen LogP contribution in [0.1, 0.15) is 32.4 Å². The predicted octanol–water partition coefficient (Wildman–Crippen LogP) is 2.26. The summed E-state index contributed by atoms with van der Waals surface area (Å²) >= 11 is 0. The topological polar surface area (TPSA) is 49.4 Å². The third-order valence-electron chi connectivity index (χ3n) is 3.92. The number of nitrogens with one attached hydrogen (secondary N) is 1. The third-order valence-corrected chi connectivity index (χ3v) is 5.05. The van der Waals surface area contributed by atoms with E-state index < -0.39 is 9.84 Å². The van der Waals surface area contributed by atoms with Crippen molar-refractivity contribution in [2.24, 2.45) is 0 Å². The number of piperazine rings is 1. The van der Waals surface area contributed by atoms with Gasteiger partial charge in [-0.15, -0.1) is 12.4 Å². The van der Waals surface area contributed by atoms with Crippen LogP contribution < -0.4 is 5.32 Å². The van der Waals surface area contributed by atoms with Crippen LogP contribution in [0.2, 0.25) is 0 Å². The lowest BCUT2D eigenvalue weighted by molar-refractivity contribution is 0.131. The fraction of sp³-hybridized carbons (Fsp3) is 0.600. The normalized spacial score (nSPS) is 25.1. The van der Waals surface area contributed by atoms with Crippen LogP contribution in [0, 0.1) is 0 Å². The molecule has 2 rings (SSSR count). The Morgan fingerprint density at radius 3 is 2.05 bits per heavy atom. The zero-order chi connectivity index (χ0) is 14.9. The second kappa shape index (κ2) is 7.09. The van der Waals surface area contributed by atoms with Crippen molar-refractivity contribution in [1.82, 2.24) is 10.2 Å². The molecule has 4 nitrogen and oxygen atoms in total. The zero-order valence-electron chi connectivity index (χ0n) is 13.0. The van der Waals surface area contributed by atoms with Gasteiger partial charge in [-0.2, -0.15) is 0 Å². The highest BCUT2D eigenvalue weighted by molar-refractivity contribution is 7.90. The summed E-state index contributed by atoms with van der Waals surface area (Å²) in [6.45, 7) is 8.60. The first-order valence-corrected chi connectivity index (χ1v) is 8.96. The van der Waals surface area contributed by atoms with Crippen molar-refractivity contribution in [3.63, 3.8) is 0 Å². The van der Waals surface area contributed by atoms with E-state index in [1.807, 2.05) is 12.1 Å². The first kappa shape index (κ1) is 18.4. The average Bonchev–Trinajstić information content (AvgIpc) is 2.36. The van der Waals surface area contributed by atoms with Crippen LogP contribution in [0.15, 0.2) is 29.2 Å². The Kier molecular flexibility index (Phi) is 6.23. The largest absolute Gasteiger partial charge is 0.309 e. The highest BCUT2D eigenvalue weighted by Crippen LogP contribution is 2.23. The zero-order valence-corrected chi connectivity index (χ0v) is 14.7. The van der Waals surface area contributed by atoms with E-state index in [0.717, 1.165) is 13.1 Å². The number of nitrogens with zero attached hydrogens (tertiary/aromatic N) is 1. The molecule has 3 unspecified atom stereocenters. The maximum Gasteiger partial charge on any atom is 0.175 e. The van der Waals surface area contributed by atoms with Gasteiger partial charge in [0.05, 0.1) is 4.90 Å². The Labute approximate surface area is 134 Å². The average molecular weight is 333 g/mol. The predicted molar refractivity (Wildman–Crippen MR) is 88.8 cm³/mol. The standard InChI is InChI=1S/C15H24N2O2S.ClH/c1-11-9-17(10-12(2)16-11)13(3)14-5-7-15(8-6-14)20(4,18)19;/h5-8,11-13,16H,9-10H2,1-4H3;1H. The lowest BCUT2D eigenvalue weighted by atomic mass is 10.0. The summed E-state index contributed by atoms with van der Waals surface area (Å²) in [6, 6.07) is 8.53. The van der Waals surface area contributed by atoms with Crippen LogP contribution in [-0.4, -0.2) is 44.7 Å². The van der Waals surface area contributed by atoms with E-state index in [9.17, 15) is 8.42 Å². The molecule has 0 amide bonds. The van der Waals surface area contributed by atoms with E-state index in [0.29, 0.717) is 23.0 Å². The van der Waals surface area contributed by atoms with Crippen molar-refractivity contribution in [2.45, 2.75) is 43.8 Å². The third kappa shape index (κ3) is 4.68. The molecule has 1 aliphatic rings. The first-order valence-electron chi connectivity index (χ1n) is 7.07. The highest BCUT2D eigenvalue weighted by atomic mass is 35.5. The molecule has 1 aromatic rings. The molecule has 1 heterocycles. The van der Waals surface area contributed by atoms with Crippen LogP contribution in [0.3, 0.4) is 0 Å². The van der Waals surface area contributed by atoms with Gasteiger partial charge in [0.2, 0.25) is 0 Å². The molecule has 0 spiro atoms. The van der Waals surface area contributed by atoms with E-state index in [1.54, 1.807) is 12.1 Å². The molecular weight excluding hydrogens is 308 g/mol. The maximum atomic E-state index is 11.5. The van der Waals surface area contributed by atoms with Crippen LogP contribution in [-0.2, 0) is 9.84 Å². The minimum Gasteiger partial charge on any atom is -0.309 e. The van der Waals surface area contributed by atoms with E-state index in [-0.39, 0.29) is 12.4 Å². The fourth-order valence-corrected chi connectivity index (χ4v) is 3.52. The molecule has 0 saturated carbocycles. The number of hydrogen-bond donors (Lipinski definition) is 1. The van der Waals surface area contributed by atoms with Gasteiger partial charge in [0.25, 0.3) is 0 Å². The van der Waals surface area contributed by atoms with Gasteiger partial charge in [-0.05, 0) is 38.5 Å². The second-order valence-corrected chi connectivity index (χ2v) is 7.96. The maximum absolute atomic E-state index is 11.5. The Morgan fingerprint density at radius 1 is 1.14 bits per heavy atom. The molecule has 1 aliphatic heterocycles. The summed E-state index contributed by atoms with van der Waals surface area (Å²) in [5.74, 6) is 0. The quantitative estimate of drug-likeness (QED) is 0.922. The summed E-state index contributed by atoms with van der Waals surface area (Å²) in [6.07, 6.45) is 1.24. The minimum atomic E-state index is -3.11. The van der Waals surface area contributed by atoms with Crippen molar-refractivity contribution in [2.75, 3.05) is 19.3 Å². The van der Waals surface area contributed by atoms with Crippen molar-refractivity contribution in [1.29, 1.82) is 0 Å². The second-order valence-electron chi connectivity index (χ2n) is 5.94. The highest BCUT2D eigenvalue weighted by Gasteiger charge is 2.25. The molecule has 3 atom stereocenters. The number of sulfone groups is 1. The summed E-state index contributed by atoms with van der Waals surface area (Å²) in [5.41, 5.74) is 1.17. The Morgan fingerprint density at radius 2 is 1.62 bits per heavy atom. The van der Waals surface area contributed by atoms with Gasteiger partial charge in [-0.3, -0.25) is 4.90 Å². The molecular formula is C15H25ClN2O2S. The Balaban J connectivity index is 0.00000220. The van der Waals surface area contributed by atoms with Gasteiger partial charge in [-0.25, -0.2) is 8.42 Å². The number of benzene rings is 1. The molecule has 1 aromatic carbocycles. The van der Waals surface area contributed by atoms with Crippen LogP contribution in [0.25, 0.3) is 0 Å². The molecule has 120 valence electrons. The summed E-state index contributed by atoms with van der Waals surface area (Å²) in [4.78, 5) is 2.83. The van der Waals surface area contributed by atoms with Gasteiger partial charge in [0.15, 0.2) is 9.84 Å². The molecule has 0 aliphatic carbocycles. The van der Waals surface area contributed by atoms with Gasteiger partial charge < -0.3 is 5.32 Å². The molecule has 1 saturated heterocycles. The molecule has 0 bridgehead atoms. The van der Waals surface area contributed by atoms with Gasteiger partial charge in [0.1, 0.15) is 0 Å². The smallest absolute Gasteiger partial charge is 0.175 e. The summed E-state index contributed by atoms with van der Waals surface area (Å²) < 4.78 is 23.0. The van der Waals surface area contributed by atoms with E-state index in [2.05, 4.69) is 31.0 Å². The van der Waals surface area contributed by atoms with E-state index in [1.165, 1.54) is 11.8 Å². The number of halogens is 1. The Hall–Kier alpha value is -0.620.